The highest BCUT2D eigenvalue weighted by molar-refractivity contribution is 7.09. The Bertz CT molecular complexity index is 350. The predicted octanol–water partition coefficient (Wildman–Crippen LogP) is 2.66. The largest absolute Gasteiger partial charge is 0.336 e. The lowest BCUT2D eigenvalue weighted by Crippen LogP contribution is -2.48. The fraction of sp³-hybridized carbons (Fsp3) is 0.615. The van der Waals surface area contributed by atoms with Gasteiger partial charge in [-0.25, -0.2) is 0 Å². The van der Waals surface area contributed by atoms with Crippen molar-refractivity contribution in [3.05, 3.63) is 22.4 Å². The maximum Gasteiger partial charge on any atom is 0.240 e. The van der Waals surface area contributed by atoms with Gasteiger partial charge in [-0.1, -0.05) is 12.5 Å². The molecule has 1 atom stereocenters. The number of rotatable bonds is 4. The minimum absolute atomic E-state index is 0. The molecule has 3 nitrogen and oxygen atoms in total. The Balaban J connectivity index is 0.00000162. The van der Waals surface area contributed by atoms with Crippen molar-refractivity contribution in [3.63, 3.8) is 0 Å². The van der Waals surface area contributed by atoms with Crippen LogP contribution < -0.4 is 5.32 Å². The lowest BCUT2D eigenvalue weighted by atomic mass is 10.0. The van der Waals surface area contributed by atoms with Crippen LogP contribution in [-0.4, -0.2) is 29.9 Å². The second kappa shape index (κ2) is 7.77. The van der Waals surface area contributed by atoms with Gasteiger partial charge in [0.25, 0.3) is 0 Å². The van der Waals surface area contributed by atoms with Crippen LogP contribution in [0.5, 0.6) is 0 Å². The highest BCUT2D eigenvalue weighted by Crippen LogP contribution is 2.15. The normalized spacial score (nSPS) is 19.1. The number of hydrogen-bond acceptors (Lipinski definition) is 3. The van der Waals surface area contributed by atoms with Crippen LogP contribution in [0.3, 0.4) is 0 Å². The number of carbonyl (C=O) groups is 1. The van der Waals surface area contributed by atoms with Gasteiger partial charge in [0.1, 0.15) is 0 Å². The number of nitrogens with zero attached hydrogens (tertiary/aromatic N) is 1. The number of hydrogen-bond donors (Lipinski definition) is 1. The third-order valence-corrected chi connectivity index (χ3v) is 4.09. The maximum absolute atomic E-state index is 12.3. The van der Waals surface area contributed by atoms with E-state index in [2.05, 4.69) is 16.8 Å². The monoisotopic (exact) mass is 288 g/mol. The first-order chi connectivity index (χ1) is 8.31. The van der Waals surface area contributed by atoms with E-state index >= 15 is 0 Å². The van der Waals surface area contributed by atoms with Crippen LogP contribution in [0.25, 0.3) is 0 Å². The fourth-order valence-electron chi connectivity index (χ4n) is 2.22. The molecule has 1 saturated heterocycles. The van der Waals surface area contributed by atoms with Crippen LogP contribution >= 0.6 is 23.7 Å². The number of likely N-dealkylation sites (N-methyl/N-ethyl adjacent to an activating group) is 1. The number of halogens is 1. The second-order valence-corrected chi connectivity index (χ2v) is 5.47. The molecule has 0 radical (unpaired) electrons. The molecule has 1 aliphatic heterocycles. The first kappa shape index (κ1) is 15.5. The molecular weight excluding hydrogens is 268 g/mol. The van der Waals surface area contributed by atoms with Crippen molar-refractivity contribution in [2.24, 2.45) is 0 Å². The molecule has 2 rings (SSSR count). The zero-order chi connectivity index (χ0) is 12.1. The fourth-order valence-corrected chi connectivity index (χ4v) is 2.94. The second-order valence-electron chi connectivity index (χ2n) is 4.43. The quantitative estimate of drug-likeness (QED) is 0.924. The molecule has 2 heterocycles. The third-order valence-electron chi connectivity index (χ3n) is 3.23. The van der Waals surface area contributed by atoms with E-state index in [9.17, 15) is 4.79 Å². The van der Waals surface area contributed by atoms with Crippen molar-refractivity contribution < 1.29 is 4.79 Å². The molecule has 0 saturated carbocycles. The van der Waals surface area contributed by atoms with E-state index in [0.717, 1.165) is 26.1 Å². The van der Waals surface area contributed by atoms with Gasteiger partial charge in [-0.15, -0.1) is 23.7 Å². The summed E-state index contributed by atoms with van der Waals surface area (Å²) in [4.78, 5) is 15.5. The van der Waals surface area contributed by atoms with Crippen LogP contribution in [0.1, 0.15) is 31.1 Å². The van der Waals surface area contributed by atoms with Gasteiger partial charge in [-0.05, 0) is 37.8 Å². The molecule has 1 aromatic heterocycles. The molecule has 0 bridgehead atoms. The Morgan fingerprint density at radius 3 is 2.94 bits per heavy atom. The zero-order valence-corrected chi connectivity index (χ0v) is 12.4. The molecule has 1 aliphatic rings. The number of carbonyl (C=O) groups excluding carboxylic acids is 1. The van der Waals surface area contributed by atoms with Gasteiger partial charge >= 0.3 is 0 Å². The van der Waals surface area contributed by atoms with Crippen molar-refractivity contribution in [1.29, 1.82) is 0 Å². The first-order valence-corrected chi connectivity index (χ1v) is 7.23. The van der Waals surface area contributed by atoms with E-state index in [-0.39, 0.29) is 24.4 Å². The highest BCUT2D eigenvalue weighted by Gasteiger charge is 2.24. The summed E-state index contributed by atoms with van der Waals surface area (Å²) in [7, 11) is 0. The molecule has 102 valence electrons. The molecule has 1 amide bonds. The van der Waals surface area contributed by atoms with Gasteiger partial charge in [-0.2, -0.15) is 0 Å². The van der Waals surface area contributed by atoms with E-state index in [0.29, 0.717) is 0 Å². The minimum atomic E-state index is 0. The van der Waals surface area contributed by atoms with Crippen molar-refractivity contribution >= 4 is 29.7 Å². The van der Waals surface area contributed by atoms with E-state index in [1.807, 2.05) is 17.9 Å². The van der Waals surface area contributed by atoms with Gasteiger partial charge < -0.3 is 10.2 Å². The topological polar surface area (TPSA) is 32.3 Å². The van der Waals surface area contributed by atoms with Crippen LogP contribution in [0.4, 0.5) is 0 Å². The summed E-state index contributed by atoms with van der Waals surface area (Å²) in [6, 6.07) is 4.18. The molecular formula is C13H21ClN2OS. The average Bonchev–Trinajstić information content (AvgIpc) is 2.89. The Labute approximate surface area is 119 Å². The molecule has 5 heteroatoms. The molecule has 0 unspecified atom stereocenters. The molecule has 1 fully saturated rings. The minimum Gasteiger partial charge on any atom is -0.336 e. The lowest BCUT2D eigenvalue weighted by Gasteiger charge is -2.29. The van der Waals surface area contributed by atoms with E-state index in [4.69, 9.17) is 0 Å². The summed E-state index contributed by atoms with van der Waals surface area (Å²) in [6.07, 6.45) is 3.35. The smallest absolute Gasteiger partial charge is 0.240 e. The summed E-state index contributed by atoms with van der Waals surface area (Å²) in [6.45, 7) is 4.57. The molecule has 1 N–H and O–H groups in total. The molecule has 0 aliphatic carbocycles. The van der Waals surface area contributed by atoms with Crippen LogP contribution in [-0.2, 0) is 11.3 Å². The van der Waals surface area contributed by atoms with Gasteiger partial charge in [0.2, 0.25) is 5.91 Å². The highest BCUT2D eigenvalue weighted by atomic mass is 35.5. The van der Waals surface area contributed by atoms with Crippen molar-refractivity contribution in [2.75, 3.05) is 13.1 Å². The van der Waals surface area contributed by atoms with Crippen LogP contribution in [0.15, 0.2) is 17.5 Å². The summed E-state index contributed by atoms with van der Waals surface area (Å²) in [5, 5.41) is 5.39. The summed E-state index contributed by atoms with van der Waals surface area (Å²) in [5.74, 6) is 0.264. The first-order valence-electron chi connectivity index (χ1n) is 6.36. The number of nitrogens with one attached hydrogen (secondary N) is 1. The molecule has 0 spiro atoms. The zero-order valence-electron chi connectivity index (χ0n) is 10.7. The molecule has 0 aromatic carbocycles. The summed E-state index contributed by atoms with van der Waals surface area (Å²) < 4.78 is 0. The summed E-state index contributed by atoms with van der Waals surface area (Å²) in [5.41, 5.74) is 0. The van der Waals surface area contributed by atoms with Crippen molar-refractivity contribution in [1.82, 2.24) is 10.2 Å². The SMILES string of the molecule is CCN(Cc1cccs1)C(=O)[C@@H]1CCCCN1.Cl. The number of piperidine rings is 1. The Kier molecular flexibility index (Phi) is 6.68. The maximum atomic E-state index is 12.3. The van der Waals surface area contributed by atoms with E-state index < -0.39 is 0 Å². The lowest BCUT2D eigenvalue weighted by molar-refractivity contribution is -0.134. The van der Waals surface area contributed by atoms with E-state index in [1.54, 1.807) is 11.3 Å². The van der Waals surface area contributed by atoms with Crippen LogP contribution in [0, 0.1) is 0 Å². The van der Waals surface area contributed by atoms with Gasteiger partial charge in [-0.3, -0.25) is 4.79 Å². The average molecular weight is 289 g/mol. The van der Waals surface area contributed by atoms with Gasteiger partial charge in [0, 0.05) is 11.4 Å². The van der Waals surface area contributed by atoms with E-state index in [1.165, 1.54) is 17.7 Å². The van der Waals surface area contributed by atoms with Crippen molar-refractivity contribution in [2.45, 2.75) is 38.8 Å². The Morgan fingerprint density at radius 1 is 1.56 bits per heavy atom. The number of amides is 1. The van der Waals surface area contributed by atoms with Crippen LogP contribution in [0.2, 0.25) is 0 Å². The van der Waals surface area contributed by atoms with Crippen molar-refractivity contribution in [3.8, 4) is 0 Å². The van der Waals surface area contributed by atoms with Gasteiger partial charge in [0.15, 0.2) is 0 Å². The van der Waals surface area contributed by atoms with Gasteiger partial charge in [0.05, 0.1) is 12.6 Å². The molecule has 18 heavy (non-hydrogen) atoms. The summed E-state index contributed by atoms with van der Waals surface area (Å²) >= 11 is 1.72. The Hall–Kier alpha value is -0.580. The number of thiophene rings is 1. The Morgan fingerprint density at radius 2 is 2.39 bits per heavy atom. The third kappa shape index (κ3) is 3.97. The molecule has 1 aromatic rings. The standard InChI is InChI=1S/C13H20N2OS.ClH/c1-2-15(10-11-6-5-9-17-11)13(16)12-7-3-4-8-14-12;/h5-6,9,12,14H,2-4,7-8,10H2,1H3;1H/t12-;/m0./s1. The predicted molar refractivity (Wildman–Crippen MR) is 78.3 cm³/mol.